The summed E-state index contributed by atoms with van der Waals surface area (Å²) in [6.07, 6.45) is 25.9. The Morgan fingerprint density at radius 3 is 1.26 bits per heavy atom. The lowest BCUT2D eigenvalue weighted by Crippen LogP contribution is -2.42. The summed E-state index contributed by atoms with van der Waals surface area (Å²) in [6.45, 7) is 13.6. The van der Waals surface area contributed by atoms with Gasteiger partial charge >= 0.3 is 23.9 Å². The number of carbonyl (C=O) groups excluding carboxylic acids is 4. The van der Waals surface area contributed by atoms with Gasteiger partial charge in [-0.3, -0.25) is 4.79 Å². The average molecular weight is 803 g/mol. The molecule has 0 aromatic carbocycles. The Morgan fingerprint density at radius 1 is 0.421 bits per heavy atom. The molecule has 0 spiro atoms. The van der Waals surface area contributed by atoms with Crippen molar-refractivity contribution < 1.29 is 52.3 Å². The van der Waals surface area contributed by atoms with Gasteiger partial charge in [-0.25, -0.2) is 14.4 Å². The third-order valence-corrected chi connectivity index (χ3v) is 11.8. The summed E-state index contributed by atoms with van der Waals surface area (Å²) in [4.78, 5) is 47.0. The minimum atomic E-state index is -0.387. The van der Waals surface area contributed by atoms with Crippen molar-refractivity contribution in [3.8, 4) is 0 Å². The summed E-state index contributed by atoms with van der Waals surface area (Å²) in [5, 5.41) is 0. The van der Waals surface area contributed by atoms with E-state index in [9.17, 15) is 19.2 Å². The second-order valence-electron chi connectivity index (χ2n) is 16.1. The molecule has 0 aromatic rings. The van der Waals surface area contributed by atoms with Crippen LogP contribution in [0.25, 0.3) is 0 Å². The van der Waals surface area contributed by atoms with Gasteiger partial charge in [0.2, 0.25) is 0 Å². The molecule has 0 heterocycles. The Bertz CT molecular complexity index is 1170. The molecule has 11 nitrogen and oxygen atoms in total. The molecule has 3 atom stereocenters. The van der Waals surface area contributed by atoms with Crippen LogP contribution in [-0.4, -0.2) is 87.9 Å². The number of hydrogen-bond acceptors (Lipinski definition) is 11. The van der Waals surface area contributed by atoms with E-state index in [0.717, 1.165) is 141 Å². The van der Waals surface area contributed by atoms with Crippen LogP contribution >= 0.6 is 0 Å². The number of ether oxygens (including phenoxy) is 7. The van der Waals surface area contributed by atoms with Crippen LogP contribution < -0.4 is 0 Å². The number of unbranched alkanes of at least 4 members (excludes halogenated alkanes) is 9. The van der Waals surface area contributed by atoms with Crippen LogP contribution in [0.5, 0.6) is 0 Å². The van der Waals surface area contributed by atoms with Gasteiger partial charge in [-0.2, -0.15) is 0 Å². The first-order chi connectivity index (χ1) is 27.8. The molecule has 3 unspecified atom stereocenters. The molecule has 0 aliphatic heterocycles. The molecule has 0 bridgehead atoms. The lowest BCUT2D eigenvalue weighted by molar-refractivity contribution is -0.167. The highest BCUT2D eigenvalue weighted by atomic mass is 16.6. The molecule has 3 aliphatic rings. The quantitative estimate of drug-likeness (QED) is 0.0298. The highest BCUT2D eigenvalue weighted by molar-refractivity contribution is 5.81. The van der Waals surface area contributed by atoms with Crippen LogP contribution in [0.3, 0.4) is 0 Å². The molecule has 0 aromatic heterocycles. The zero-order valence-corrected chi connectivity index (χ0v) is 34.9. The molecule has 3 saturated carbocycles. The number of rotatable bonds is 30. The normalized spacial score (nSPS) is 24.8. The fraction of sp³-hybridized carbons (Fsp3) is 0.783. The molecular formula is C46H74O11. The van der Waals surface area contributed by atoms with E-state index in [0.29, 0.717) is 51.5 Å². The second kappa shape index (κ2) is 30.1. The smallest absolute Gasteiger partial charge is 0.330 e. The largest absolute Gasteiger partial charge is 0.463 e. The van der Waals surface area contributed by atoms with E-state index >= 15 is 0 Å². The second-order valence-corrected chi connectivity index (χ2v) is 16.1. The molecule has 3 rings (SSSR count). The Labute approximate surface area is 343 Å². The average Bonchev–Trinajstić information content (AvgIpc) is 3.24. The minimum Gasteiger partial charge on any atom is -0.463 e. The van der Waals surface area contributed by atoms with Crippen LogP contribution in [0.4, 0.5) is 0 Å². The fourth-order valence-corrected chi connectivity index (χ4v) is 8.44. The van der Waals surface area contributed by atoms with Crippen molar-refractivity contribution >= 4 is 23.9 Å². The van der Waals surface area contributed by atoms with Gasteiger partial charge in [0.1, 0.15) is 6.10 Å². The molecular weight excluding hydrogens is 728 g/mol. The lowest BCUT2D eigenvalue weighted by Gasteiger charge is -2.38. The predicted octanol–water partition coefficient (Wildman–Crippen LogP) is 9.10. The van der Waals surface area contributed by atoms with Crippen LogP contribution in [0.1, 0.15) is 148 Å². The molecule has 3 fully saturated rings. The Balaban J connectivity index is 1.32. The Kier molecular flexibility index (Phi) is 25.5. The molecule has 57 heavy (non-hydrogen) atoms. The summed E-state index contributed by atoms with van der Waals surface area (Å²) in [7, 11) is 0. The monoisotopic (exact) mass is 803 g/mol. The van der Waals surface area contributed by atoms with E-state index in [-0.39, 0.29) is 48.1 Å². The molecule has 0 saturated heterocycles. The zero-order chi connectivity index (χ0) is 40.9. The van der Waals surface area contributed by atoms with Gasteiger partial charge in [0.05, 0.1) is 44.1 Å². The number of esters is 4. The summed E-state index contributed by atoms with van der Waals surface area (Å²) in [6, 6.07) is 0. The summed E-state index contributed by atoms with van der Waals surface area (Å²) in [5.74, 6) is 0.231. The number of hydrogen-bond donors (Lipinski definition) is 0. The van der Waals surface area contributed by atoms with Gasteiger partial charge in [0.25, 0.3) is 0 Å². The maximum Gasteiger partial charge on any atom is 0.330 e. The predicted molar refractivity (Wildman–Crippen MR) is 219 cm³/mol. The van der Waals surface area contributed by atoms with Gasteiger partial charge in [0.15, 0.2) is 0 Å². The van der Waals surface area contributed by atoms with Gasteiger partial charge in [0, 0.05) is 44.5 Å². The lowest BCUT2D eigenvalue weighted by atomic mass is 9.70. The summed E-state index contributed by atoms with van der Waals surface area (Å²) < 4.78 is 40.3. The summed E-state index contributed by atoms with van der Waals surface area (Å²) in [5.41, 5.74) is 0. The first kappa shape index (κ1) is 48.3. The van der Waals surface area contributed by atoms with Gasteiger partial charge in [-0.05, 0) is 134 Å². The van der Waals surface area contributed by atoms with Crippen molar-refractivity contribution in [2.45, 2.75) is 172 Å². The van der Waals surface area contributed by atoms with E-state index < -0.39 is 0 Å². The first-order valence-electron chi connectivity index (χ1n) is 22.3. The van der Waals surface area contributed by atoms with Crippen LogP contribution in [0.15, 0.2) is 38.0 Å². The first-order valence-corrected chi connectivity index (χ1v) is 22.3. The van der Waals surface area contributed by atoms with Gasteiger partial charge in [-0.15, -0.1) is 0 Å². The minimum absolute atomic E-state index is 0.0191. The van der Waals surface area contributed by atoms with Gasteiger partial charge in [-0.1, -0.05) is 39.0 Å². The van der Waals surface area contributed by atoms with Crippen molar-refractivity contribution in [3.05, 3.63) is 38.0 Å². The summed E-state index contributed by atoms with van der Waals surface area (Å²) >= 11 is 0. The SMILES string of the molecule is C=CC(=O)OCCCCCCOC1CCC(C2CCC(C(=O)OC3CCC(OCCCCCCOC(=O)C=C)C(OCCCCCCOC(=O)C=C)C3)CC2)CC1. The molecule has 0 radical (unpaired) electrons. The molecule has 0 amide bonds. The Hall–Kier alpha value is -3.02. The van der Waals surface area contributed by atoms with Crippen LogP contribution in [0, 0.1) is 17.8 Å². The number of carbonyl (C=O) groups is 4. The topological polar surface area (TPSA) is 133 Å². The van der Waals surface area contributed by atoms with Crippen molar-refractivity contribution in [1.29, 1.82) is 0 Å². The standard InChI is InChI=1S/C46H74O11/c1-4-43(47)54-32-16-10-7-13-29-51-39-25-23-37(24-26-39)36-19-21-38(22-20-36)46(50)57-40-27-28-41(52-30-14-8-11-17-33-55-44(48)5-2)42(35-40)53-31-15-9-12-18-34-56-45(49)6-3/h4-6,36-42H,1-3,7-35H2. The van der Waals surface area contributed by atoms with E-state index in [1.807, 2.05) is 0 Å². The Morgan fingerprint density at radius 2 is 0.807 bits per heavy atom. The van der Waals surface area contributed by atoms with Crippen molar-refractivity contribution in [1.82, 2.24) is 0 Å². The van der Waals surface area contributed by atoms with E-state index in [4.69, 9.17) is 33.2 Å². The van der Waals surface area contributed by atoms with Gasteiger partial charge < -0.3 is 33.2 Å². The van der Waals surface area contributed by atoms with Crippen molar-refractivity contribution in [2.75, 3.05) is 39.6 Å². The third kappa shape index (κ3) is 21.0. The molecule has 11 heteroatoms. The van der Waals surface area contributed by atoms with E-state index in [1.54, 1.807) is 0 Å². The van der Waals surface area contributed by atoms with E-state index in [2.05, 4.69) is 19.7 Å². The fourth-order valence-electron chi connectivity index (χ4n) is 8.44. The van der Waals surface area contributed by atoms with Crippen molar-refractivity contribution in [3.63, 3.8) is 0 Å². The highest BCUT2D eigenvalue weighted by Crippen LogP contribution is 2.41. The molecule has 324 valence electrons. The van der Waals surface area contributed by atoms with Crippen LogP contribution in [-0.2, 0) is 52.3 Å². The molecule has 3 aliphatic carbocycles. The third-order valence-electron chi connectivity index (χ3n) is 11.8. The highest BCUT2D eigenvalue weighted by Gasteiger charge is 2.37. The maximum absolute atomic E-state index is 13.4. The molecule has 0 N–H and O–H groups in total. The zero-order valence-electron chi connectivity index (χ0n) is 34.9. The van der Waals surface area contributed by atoms with Crippen LogP contribution in [0.2, 0.25) is 0 Å². The van der Waals surface area contributed by atoms with Crippen molar-refractivity contribution in [2.24, 2.45) is 17.8 Å². The van der Waals surface area contributed by atoms with E-state index in [1.165, 1.54) is 31.1 Å². The maximum atomic E-state index is 13.4.